The molecule has 1 aromatic carbocycles. The van der Waals surface area contributed by atoms with Crippen LogP contribution in [0.2, 0.25) is 0 Å². The lowest BCUT2D eigenvalue weighted by Gasteiger charge is -2.38. The Morgan fingerprint density at radius 3 is 2.62 bits per heavy atom. The summed E-state index contributed by atoms with van der Waals surface area (Å²) >= 11 is 0. The Bertz CT molecular complexity index is 476. The molecule has 7 heteroatoms. The van der Waals surface area contributed by atoms with E-state index in [0.717, 1.165) is 25.9 Å². The third-order valence-electron chi connectivity index (χ3n) is 4.27. The maximum atomic E-state index is 12.0. The van der Waals surface area contributed by atoms with Gasteiger partial charge in [0, 0.05) is 32.3 Å². The Hall–Kier alpha value is -0.850. The molecule has 2 rings (SSSR count). The van der Waals surface area contributed by atoms with E-state index in [4.69, 9.17) is 10.5 Å². The summed E-state index contributed by atoms with van der Waals surface area (Å²) in [7, 11) is 1.55. The van der Waals surface area contributed by atoms with E-state index in [9.17, 15) is 4.79 Å². The number of rotatable bonds is 6. The normalized spacial score (nSPS) is 22.0. The minimum atomic E-state index is -0.581. The molecule has 0 aliphatic carbocycles. The van der Waals surface area contributed by atoms with Crippen molar-refractivity contribution in [2.75, 3.05) is 20.3 Å². The van der Waals surface area contributed by atoms with Crippen LogP contribution in [0, 0.1) is 0 Å². The van der Waals surface area contributed by atoms with Crippen molar-refractivity contribution >= 4 is 30.7 Å². The van der Waals surface area contributed by atoms with Gasteiger partial charge < -0.3 is 15.8 Å². The molecule has 24 heavy (non-hydrogen) atoms. The lowest BCUT2D eigenvalue weighted by molar-refractivity contribution is -0.124. The summed E-state index contributed by atoms with van der Waals surface area (Å²) in [6.45, 7) is 4.43. The van der Waals surface area contributed by atoms with Crippen molar-refractivity contribution in [1.82, 2.24) is 10.2 Å². The first kappa shape index (κ1) is 23.1. The van der Waals surface area contributed by atoms with Crippen LogP contribution in [0.1, 0.15) is 25.3 Å². The molecule has 1 fully saturated rings. The highest BCUT2D eigenvalue weighted by molar-refractivity contribution is 5.85. The van der Waals surface area contributed by atoms with Crippen LogP contribution in [0.4, 0.5) is 0 Å². The summed E-state index contributed by atoms with van der Waals surface area (Å²) in [5.74, 6) is -0.115. The van der Waals surface area contributed by atoms with Gasteiger partial charge in [-0.3, -0.25) is 9.69 Å². The topological polar surface area (TPSA) is 67.6 Å². The van der Waals surface area contributed by atoms with E-state index < -0.39 is 6.04 Å². The maximum Gasteiger partial charge on any atom is 0.239 e. The molecule has 1 heterocycles. The molecule has 0 aromatic heterocycles. The van der Waals surface area contributed by atoms with Crippen molar-refractivity contribution in [1.29, 1.82) is 0 Å². The zero-order valence-corrected chi connectivity index (χ0v) is 15.9. The van der Waals surface area contributed by atoms with Crippen LogP contribution < -0.4 is 11.1 Å². The number of hydrogen-bond donors (Lipinski definition) is 2. The van der Waals surface area contributed by atoms with Crippen LogP contribution in [0.15, 0.2) is 30.3 Å². The third kappa shape index (κ3) is 6.95. The van der Waals surface area contributed by atoms with Crippen LogP contribution in [0.3, 0.4) is 0 Å². The number of piperidine rings is 1. The molecule has 0 saturated carbocycles. The molecule has 1 aromatic rings. The lowest BCUT2D eigenvalue weighted by atomic mass is 9.97. The summed E-state index contributed by atoms with van der Waals surface area (Å²) in [5.41, 5.74) is 7.09. The number of nitrogens with one attached hydrogen (secondary N) is 1. The largest absolute Gasteiger partial charge is 0.383 e. The Morgan fingerprint density at radius 2 is 2.04 bits per heavy atom. The van der Waals surface area contributed by atoms with Gasteiger partial charge in [-0.2, -0.15) is 0 Å². The van der Waals surface area contributed by atoms with E-state index in [-0.39, 0.29) is 43.4 Å². The van der Waals surface area contributed by atoms with Crippen LogP contribution in [-0.2, 0) is 16.1 Å². The molecule has 1 amide bonds. The fraction of sp³-hybridized carbons (Fsp3) is 0.588. The van der Waals surface area contributed by atoms with Crippen molar-refractivity contribution in [2.24, 2.45) is 5.73 Å². The highest BCUT2D eigenvalue weighted by atomic mass is 35.5. The van der Waals surface area contributed by atoms with Crippen molar-refractivity contribution in [3.05, 3.63) is 35.9 Å². The Morgan fingerprint density at radius 1 is 1.38 bits per heavy atom. The van der Waals surface area contributed by atoms with E-state index in [1.165, 1.54) is 5.56 Å². The molecule has 1 saturated heterocycles. The van der Waals surface area contributed by atoms with Gasteiger partial charge in [0.25, 0.3) is 0 Å². The Balaban J connectivity index is 0.00000264. The lowest BCUT2D eigenvalue weighted by Crippen LogP contribution is -2.52. The quantitative estimate of drug-likeness (QED) is 0.794. The fourth-order valence-corrected chi connectivity index (χ4v) is 2.97. The van der Waals surface area contributed by atoms with Crippen LogP contribution in [-0.4, -0.2) is 49.2 Å². The molecule has 3 atom stereocenters. The van der Waals surface area contributed by atoms with Gasteiger partial charge in [-0.05, 0) is 25.3 Å². The minimum absolute atomic E-state index is 0. The monoisotopic (exact) mass is 377 g/mol. The first-order valence-electron chi connectivity index (χ1n) is 7.93. The molecular weight excluding hydrogens is 349 g/mol. The fourth-order valence-electron chi connectivity index (χ4n) is 2.97. The van der Waals surface area contributed by atoms with Gasteiger partial charge in [0.05, 0.1) is 6.61 Å². The number of nitrogens with two attached hydrogens (primary N) is 1. The second-order valence-corrected chi connectivity index (χ2v) is 6.10. The predicted octanol–water partition coefficient (Wildman–Crippen LogP) is 1.97. The zero-order chi connectivity index (χ0) is 15.9. The first-order chi connectivity index (χ1) is 10.6. The van der Waals surface area contributed by atoms with E-state index in [1.54, 1.807) is 7.11 Å². The molecule has 3 unspecified atom stereocenters. The molecule has 1 aliphatic rings. The SMILES string of the molecule is COCC(N)C(=O)NC1CCN(Cc2ccccc2)C(C)C1.Cl.Cl. The molecule has 0 spiro atoms. The van der Waals surface area contributed by atoms with E-state index in [1.807, 2.05) is 6.07 Å². The van der Waals surface area contributed by atoms with Crippen molar-refractivity contribution in [2.45, 2.75) is 44.4 Å². The summed E-state index contributed by atoms with van der Waals surface area (Å²) < 4.78 is 4.92. The number of carbonyl (C=O) groups excluding carboxylic acids is 1. The summed E-state index contributed by atoms with van der Waals surface area (Å²) in [4.78, 5) is 14.4. The number of ether oxygens (including phenoxy) is 1. The Kier molecular flexibility index (Phi) is 11.2. The number of likely N-dealkylation sites (tertiary alicyclic amines) is 1. The highest BCUT2D eigenvalue weighted by Crippen LogP contribution is 2.19. The van der Waals surface area contributed by atoms with Gasteiger partial charge in [0.1, 0.15) is 6.04 Å². The third-order valence-corrected chi connectivity index (χ3v) is 4.27. The summed E-state index contributed by atoms with van der Waals surface area (Å²) in [5, 5.41) is 3.05. The van der Waals surface area contributed by atoms with Gasteiger partial charge in [-0.1, -0.05) is 30.3 Å². The second-order valence-electron chi connectivity index (χ2n) is 6.10. The van der Waals surface area contributed by atoms with Crippen molar-refractivity contribution in [3.8, 4) is 0 Å². The average Bonchev–Trinajstić information content (AvgIpc) is 2.51. The molecule has 138 valence electrons. The van der Waals surface area contributed by atoms with E-state index >= 15 is 0 Å². The van der Waals surface area contributed by atoms with Gasteiger partial charge in [-0.25, -0.2) is 0 Å². The molecular formula is C17H29Cl2N3O2. The molecule has 1 aliphatic heterocycles. The molecule has 3 N–H and O–H groups in total. The minimum Gasteiger partial charge on any atom is -0.383 e. The zero-order valence-electron chi connectivity index (χ0n) is 14.3. The number of benzene rings is 1. The van der Waals surface area contributed by atoms with Crippen LogP contribution >= 0.6 is 24.8 Å². The number of hydrogen-bond acceptors (Lipinski definition) is 4. The molecule has 0 radical (unpaired) electrons. The summed E-state index contributed by atoms with van der Waals surface area (Å²) in [6.07, 6.45) is 1.92. The van der Waals surface area contributed by atoms with Gasteiger partial charge in [0.15, 0.2) is 0 Å². The number of carbonyl (C=O) groups is 1. The number of methoxy groups -OCH3 is 1. The molecule has 5 nitrogen and oxygen atoms in total. The van der Waals surface area contributed by atoms with Crippen molar-refractivity contribution < 1.29 is 9.53 Å². The highest BCUT2D eigenvalue weighted by Gasteiger charge is 2.27. The van der Waals surface area contributed by atoms with Gasteiger partial charge >= 0.3 is 0 Å². The first-order valence-corrected chi connectivity index (χ1v) is 7.93. The number of nitrogens with zero attached hydrogens (tertiary/aromatic N) is 1. The second kappa shape index (κ2) is 11.7. The van der Waals surface area contributed by atoms with Crippen LogP contribution in [0.5, 0.6) is 0 Å². The summed E-state index contributed by atoms with van der Waals surface area (Å²) in [6, 6.07) is 10.6. The van der Waals surface area contributed by atoms with Gasteiger partial charge in [0.2, 0.25) is 5.91 Å². The standard InChI is InChI=1S/C17H27N3O2.2ClH/c1-13-10-15(19-17(21)16(18)12-22-2)8-9-20(13)11-14-6-4-3-5-7-14;;/h3-7,13,15-16H,8-12,18H2,1-2H3,(H,19,21);2*1H. The smallest absolute Gasteiger partial charge is 0.239 e. The Labute approximate surface area is 157 Å². The van der Waals surface area contributed by atoms with Crippen LogP contribution in [0.25, 0.3) is 0 Å². The van der Waals surface area contributed by atoms with E-state index in [0.29, 0.717) is 6.04 Å². The number of amides is 1. The molecule has 0 bridgehead atoms. The van der Waals surface area contributed by atoms with E-state index in [2.05, 4.69) is 41.4 Å². The predicted molar refractivity (Wildman–Crippen MR) is 102 cm³/mol. The average molecular weight is 378 g/mol. The van der Waals surface area contributed by atoms with Gasteiger partial charge in [-0.15, -0.1) is 24.8 Å². The van der Waals surface area contributed by atoms with Crippen molar-refractivity contribution in [3.63, 3.8) is 0 Å². The number of halogens is 2. The maximum absolute atomic E-state index is 12.0.